The van der Waals surface area contributed by atoms with Gasteiger partial charge in [-0.05, 0) is 39.3 Å². The van der Waals surface area contributed by atoms with Gasteiger partial charge in [-0.25, -0.2) is 0 Å². The number of aliphatic imine (C=N–C) groups is 1. The minimum Gasteiger partial charge on any atom is -0.355 e. The number of nitrogens with zero attached hydrogens (tertiary/aromatic N) is 1. The van der Waals surface area contributed by atoms with Crippen LogP contribution in [0.15, 0.2) is 17.1 Å². The van der Waals surface area contributed by atoms with Crippen LogP contribution in [0.4, 0.5) is 0 Å². The molecule has 0 amide bonds. The number of rotatable bonds is 6. The van der Waals surface area contributed by atoms with Crippen LogP contribution in [0.1, 0.15) is 37.4 Å². The number of thiophene rings is 1. The summed E-state index contributed by atoms with van der Waals surface area (Å²) in [5, 5.41) is 10.1. The van der Waals surface area contributed by atoms with Crippen LogP contribution in [0.5, 0.6) is 0 Å². The highest BCUT2D eigenvalue weighted by molar-refractivity contribution is 7.11. The Bertz CT molecular complexity index is 418. The molecular formula is C15H28N4S. The van der Waals surface area contributed by atoms with E-state index in [2.05, 4.69) is 60.8 Å². The summed E-state index contributed by atoms with van der Waals surface area (Å²) in [6, 6.07) is 4.38. The molecule has 1 rings (SSSR count). The Morgan fingerprint density at radius 2 is 1.85 bits per heavy atom. The van der Waals surface area contributed by atoms with Crippen molar-refractivity contribution >= 4 is 17.3 Å². The Kier molecular flexibility index (Phi) is 7.02. The molecule has 1 aromatic heterocycles. The lowest BCUT2D eigenvalue weighted by Crippen LogP contribution is -2.44. The van der Waals surface area contributed by atoms with Crippen molar-refractivity contribution in [3.05, 3.63) is 21.9 Å². The molecule has 0 atom stereocenters. The van der Waals surface area contributed by atoms with Crippen molar-refractivity contribution in [1.82, 2.24) is 16.0 Å². The van der Waals surface area contributed by atoms with Gasteiger partial charge in [0.25, 0.3) is 0 Å². The predicted octanol–water partition coefficient (Wildman–Crippen LogP) is 2.36. The molecule has 4 nitrogen and oxygen atoms in total. The van der Waals surface area contributed by atoms with Gasteiger partial charge in [0, 0.05) is 35.4 Å². The SMILES string of the molecule is CCc1ccc(CNC(=NC)NCCNC(C)(C)C)s1. The molecule has 0 radical (unpaired) electrons. The first-order valence-electron chi connectivity index (χ1n) is 7.21. The standard InChI is InChI=1S/C15H28N4S/c1-6-12-7-8-13(20-12)11-18-14(16-5)17-9-10-19-15(2,3)4/h7-8,19H,6,9-11H2,1-5H3,(H2,16,17,18). The zero-order chi connectivity index (χ0) is 15.0. The highest BCUT2D eigenvalue weighted by Crippen LogP contribution is 2.16. The molecule has 0 aliphatic carbocycles. The molecule has 0 saturated heterocycles. The zero-order valence-corrected chi connectivity index (χ0v) is 14.2. The molecule has 1 aromatic rings. The first-order chi connectivity index (χ1) is 9.44. The largest absolute Gasteiger partial charge is 0.355 e. The fourth-order valence-corrected chi connectivity index (χ4v) is 2.61. The Balaban J connectivity index is 2.26. The summed E-state index contributed by atoms with van der Waals surface area (Å²) in [4.78, 5) is 7.01. The lowest BCUT2D eigenvalue weighted by atomic mass is 10.1. The quantitative estimate of drug-likeness (QED) is 0.429. The third-order valence-corrected chi connectivity index (χ3v) is 4.02. The topological polar surface area (TPSA) is 48.5 Å². The summed E-state index contributed by atoms with van der Waals surface area (Å²) in [5.74, 6) is 0.854. The van der Waals surface area contributed by atoms with Crippen LogP contribution in [-0.2, 0) is 13.0 Å². The van der Waals surface area contributed by atoms with E-state index in [0.29, 0.717) is 0 Å². The van der Waals surface area contributed by atoms with Crippen molar-refractivity contribution in [1.29, 1.82) is 0 Å². The second-order valence-corrected chi connectivity index (χ2v) is 7.00. The van der Waals surface area contributed by atoms with Crippen molar-refractivity contribution in [3.8, 4) is 0 Å². The second kappa shape index (κ2) is 8.27. The lowest BCUT2D eigenvalue weighted by Gasteiger charge is -2.21. The number of aryl methyl sites for hydroxylation is 1. The molecule has 0 aliphatic rings. The number of guanidine groups is 1. The van der Waals surface area contributed by atoms with Crippen molar-refractivity contribution in [2.75, 3.05) is 20.1 Å². The molecule has 0 spiro atoms. The summed E-state index contributed by atoms with van der Waals surface area (Å²) < 4.78 is 0. The highest BCUT2D eigenvalue weighted by Gasteiger charge is 2.07. The molecule has 5 heteroatoms. The Morgan fingerprint density at radius 1 is 1.15 bits per heavy atom. The highest BCUT2D eigenvalue weighted by atomic mass is 32.1. The third kappa shape index (κ3) is 6.91. The summed E-state index contributed by atoms with van der Waals surface area (Å²) in [6.45, 7) is 11.3. The fourth-order valence-electron chi connectivity index (χ4n) is 1.72. The molecule has 114 valence electrons. The van der Waals surface area contributed by atoms with Crippen LogP contribution in [0.25, 0.3) is 0 Å². The molecular weight excluding hydrogens is 268 g/mol. The predicted molar refractivity (Wildman–Crippen MR) is 89.7 cm³/mol. The molecule has 0 bridgehead atoms. The van der Waals surface area contributed by atoms with Crippen LogP contribution in [0.2, 0.25) is 0 Å². The summed E-state index contributed by atoms with van der Waals surface area (Å²) >= 11 is 1.86. The Hall–Kier alpha value is -1.07. The van der Waals surface area contributed by atoms with Crippen molar-refractivity contribution in [2.24, 2.45) is 4.99 Å². The van der Waals surface area contributed by atoms with Gasteiger partial charge in [-0.3, -0.25) is 4.99 Å². The molecule has 20 heavy (non-hydrogen) atoms. The maximum atomic E-state index is 4.24. The smallest absolute Gasteiger partial charge is 0.191 e. The fraction of sp³-hybridized carbons (Fsp3) is 0.667. The van der Waals surface area contributed by atoms with Crippen LogP contribution in [-0.4, -0.2) is 31.6 Å². The average molecular weight is 296 g/mol. The van der Waals surface area contributed by atoms with E-state index in [1.807, 2.05) is 11.3 Å². The van der Waals surface area contributed by atoms with Crippen LogP contribution in [0.3, 0.4) is 0 Å². The zero-order valence-electron chi connectivity index (χ0n) is 13.3. The van der Waals surface area contributed by atoms with E-state index < -0.39 is 0 Å². The van der Waals surface area contributed by atoms with E-state index in [9.17, 15) is 0 Å². The van der Waals surface area contributed by atoms with E-state index in [-0.39, 0.29) is 5.54 Å². The molecule has 0 fully saturated rings. The van der Waals surface area contributed by atoms with E-state index in [4.69, 9.17) is 0 Å². The monoisotopic (exact) mass is 296 g/mol. The first-order valence-corrected chi connectivity index (χ1v) is 8.03. The van der Waals surface area contributed by atoms with Crippen molar-refractivity contribution in [2.45, 2.75) is 46.2 Å². The maximum Gasteiger partial charge on any atom is 0.191 e. The van der Waals surface area contributed by atoms with Gasteiger partial charge in [0.1, 0.15) is 0 Å². The maximum absolute atomic E-state index is 4.24. The minimum atomic E-state index is 0.159. The van der Waals surface area contributed by atoms with Gasteiger partial charge in [-0.1, -0.05) is 6.92 Å². The van der Waals surface area contributed by atoms with E-state index in [1.54, 1.807) is 7.05 Å². The third-order valence-electron chi connectivity index (χ3n) is 2.79. The second-order valence-electron chi connectivity index (χ2n) is 5.75. The summed E-state index contributed by atoms with van der Waals surface area (Å²) in [5.41, 5.74) is 0.159. The van der Waals surface area contributed by atoms with Gasteiger partial charge in [0.05, 0.1) is 6.54 Å². The molecule has 0 saturated carbocycles. The lowest BCUT2D eigenvalue weighted by molar-refractivity contribution is 0.428. The number of hydrogen-bond acceptors (Lipinski definition) is 3. The summed E-state index contributed by atoms with van der Waals surface area (Å²) in [7, 11) is 1.80. The van der Waals surface area contributed by atoms with Crippen molar-refractivity contribution < 1.29 is 0 Å². The van der Waals surface area contributed by atoms with Crippen LogP contribution in [0, 0.1) is 0 Å². The van der Waals surface area contributed by atoms with E-state index in [0.717, 1.165) is 32.0 Å². The average Bonchev–Trinajstić information content (AvgIpc) is 2.84. The van der Waals surface area contributed by atoms with Gasteiger partial charge < -0.3 is 16.0 Å². The van der Waals surface area contributed by atoms with Gasteiger partial charge >= 0.3 is 0 Å². The van der Waals surface area contributed by atoms with E-state index >= 15 is 0 Å². The first kappa shape index (κ1) is 17.0. The summed E-state index contributed by atoms with van der Waals surface area (Å²) in [6.07, 6.45) is 1.11. The molecule has 1 heterocycles. The van der Waals surface area contributed by atoms with Gasteiger partial charge in [0.2, 0.25) is 0 Å². The minimum absolute atomic E-state index is 0.159. The van der Waals surface area contributed by atoms with Gasteiger partial charge in [0.15, 0.2) is 5.96 Å². The van der Waals surface area contributed by atoms with Crippen LogP contribution >= 0.6 is 11.3 Å². The van der Waals surface area contributed by atoms with Crippen LogP contribution < -0.4 is 16.0 Å². The Labute approximate surface area is 127 Å². The van der Waals surface area contributed by atoms with Gasteiger partial charge in [-0.15, -0.1) is 11.3 Å². The van der Waals surface area contributed by atoms with E-state index in [1.165, 1.54) is 9.75 Å². The van der Waals surface area contributed by atoms with Gasteiger partial charge in [-0.2, -0.15) is 0 Å². The molecule has 0 aromatic carbocycles. The molecule has 3 N–H and O–H groups in total. The number of nitrogens with one attached hydrogen (secondary N) is 3. The molecule has 0 unspecified atom stereocenters. The normalized spacial score (nSPS) is 12.6. The number of hydrogen-bond donors (Lipinski definition) is 3. The van der Waals surface area contributed by atoms with Crippen molar-refractivity contribution in [3.63, 3.8) is 0 Å². The Morgan fingerprint density at radius 3 is 2.40 bits per heavy atom. The molecule has 0 aliphatic heterocycles.